The minimum Gasteiger partial charge on any atom is -0.426 e. The van der Waals surface area contributed by atoms with Crippen molar-refractivity contribution in [3.8, 4) is 11.8 Å². The van der Waals surface area contributed by atoms with Crippen LogP contribution in [0.3, 0.4) is 0 Å². The molecule has 0 bridgehead atoms. The molecule has 0 aliphatic rings. The number of hydrogen-bond donors (Lipinski definition) is 1. The number of nitro groups is 1. The van der Waals surface area contributed by atoms with Gasteiger partial charge in [-0.05, 0) is 61.7 Å². The molecular weight excluding hydrogens is 498 g/mol. The molecule has 142 valence electrons. The first-order chi connectivity index (χ1) is 13.2. The van der Waals surface area contributed by atoms with E-state index in [-0.39, 0.29) is 16.9 Å². The third-order valence-electron chi connectivity index (χ3n) is 3.30. The quantitative estimate of drug-likeness (QED) is 0.157. The molecule has 0 unspecified atom stereocenters. The van der Waals surface area contributed by atoms with Gasteiger partial charge in [-0.2, -0.15) is 5.26 Å². The maximum Gasteiger partial charge on any atom is 0.308 e. The van der Waals surface area contributed by atoms with Crippen LogP contribution >= 0.6 is 31.9 Å². The first-order valence-electron chi connectivity index (χ1n) is 7.56. The molecule has 2 aromatic carbocycles. The first kappa shape index (κ1) is 21.3. The molecule has 10 heteroatoms. The molecular formula is C18H11Br2N3O5. The largest absolute Gasteiger partial charge is 0.426 e. The summed E-state index contributed by atoms with van der Waals surface area (Å²) in [5, 5.41) is 22.6. The van der Waals surface area contributed by atoms with Crippen molar-refractivity contribution in [1.29, 1.82) is 5.26 Å². The van der Waals surface area contributed by atoms with Crippen molar-refractivity contribution in [1.82, 2.24) is 0 Å². The Kier molecular flexibility index (Phi) is 7.03. The van der Waals surface area contributed by atoms with Gasteiger partial charge in [0.15, 0.2) is 0 Å². The van der Waals surface area contributed by atoms with E-state index in [2.05, 4.69) is 37.2 Å². The van der Waals surface area contributed by atoms with Crippen LogP contribution in [0, 0.1) is 21.4 Å². The summed E-state index contributed by atoms with van der Waals surface area (Å²) >= 11 is 6.40. The van der Waals surface area contributed by atoms with Gasteiger partial charge in [-0.15, -0.1) is 0 Å². The number of nitriles is 1. The van der Waals surface area contributed by atoms with Crippen LogP contribution in [-0.4, -0.2) is 16.8 Å². The van der Waals surface area contributed by atoms with Crippen molar-refractivity contribution in [2.45, 2.75) is 6.92 Å². The van der Waals surface area contributed by atoms with Gasteiger partial charge in [0.1, 0.15) is 17.4 Å². The molecule has 0 radical (unpaired) electrons. The fourth-order valence-electron chi connectivity index (χ4n) is 2.07. The normalized spacial score (nSPS) is 10.7. The average Bonchev–Trinajstić information content (AvgIpc) is 2.62. The minimum absolute atomic E-state index is 0.140. The molecule has 0 atom stereocenters. The predicted molar refractivity (Wildman–Crippen MR) is 108 cm³/mol. The van der Waals surface area contributed by atoms with E-state index in [4.69, 9.17) is 4.74 Å². The number of rotatable bonds is 5. The maximum atomic E-state index is 12.4. The van der Waals surface area contributed by atoms with Crippen LogP contribution in [0.15, 0.2) is 50.9 Å². The Morgan fingerprint density at radius 2 is 1.93 bits per heavy atom. The molecule has 0 aliphatic heterocycles. The summed E-state index contributed by atoms with van der Waals surface area (Å²) in [6.07, 6.45) is 1.36. The third kappa shape index (κ3) is 5.48. The summed E-state index contributed by atoms with van der Waals surface area (Å²) < 4.78 is 5.78. The number of amides is 1. The molecule has 0 aliphatic carbocycles. The van der Waals surface area contributed by atoms with E-state index in [1.54, 1.807) is 12.1 Å². The van der Waals surface area contributed by atoms with E-state index in [1.165, 1.54) is 37.3 Å². The van der Waals surface area contributed by atoms with Crippen molar-refractivity contribution in [3.63, 3.8) is 0 Å². The van der Waals surface area contributed by atoms with Crippen molar-refractivity contribution in [2.24, 2.45) is 0 Å². The van der Waals surface area contributed by atoms with Gasteiger partial charge in [0.2, 0.25) is 0 Å². The molecule has 1 amide bonds. The SMILES string of the molecule is CC(=O)Oc1ccc(C=C(C#N)C(=O)Nc2ccc([N+](=O)[O-])cc2Br)cc1Br. The molecule has 0 spiro atoms. The zero-order valence-electron chi connectivity index (χ0n) is 14.2. The highest BCUT2D eigenvalue weighted by Crippen LogP contribution is 2.29. The standard InChI is InChI=1S/C18H11Br2N3O5/c1-10(24)28-17-5-2-11(7-15(17)20)6-12(9-21)18(25)22-16-4-3-13(23(26)27)8-14(16)19/h2-8H,1H3,(H,22,25). The van der Waals surface area contributed by atoms with Gasteiger partial charge < -0.3 is 10.1 Å². The van der Waals surface area contributed by atoms with E-state index >= 15 is 0 Å². The number of hydrogen-bond acceptors (Lipinski definition) is 6. The van der Waals surface area contributed by atoms with Crippen LogP contribution in [0.4, 0.5) is 11.4 Å². The van der Waals surface area contributed by atoms with Gasteiger partial charge in [0.25, 0.3) is 11.6 Å². The minimum atomic E-state index is -0.683. The summed E-state index contributed by atoms with van der Waals surface area (Å²) in [4.78, 5) is 33.6. The van der Waals surface area contributed by atoms with Crippen LogP contribution in [0.25, 0.3) is 6.08 Å². The van der Waals surface area contributed by atoms with Crippen molar-refractivity contribution in [3.05, 3.63) is 66.6 Å². The summed E-state index contributed by atoms with van der Waals surface area (Å²) in [6, 6.07) is 10.3. The lowest BCUT2D eigenvalue weighted by Crippen LogP contribution is -2.14. The highest BCUT2D eigenvalue weighted by atomic mass is 79.9. The monoisotopic (exact) mass is 507 g/mol. The van der Waals surface area contributed by atoms with Crippen LogP contribution in [0.5, 0.6) is 5.75 Å². The number of nitrogens with one attached hydrogen (secondary N) is 1. The summed E-state index contributed by atoms with van der Waals surface area (Å²) in [6.45, 7) is 1.27. The Labute approximate surface area is 176 Å². The summed E-state index contributed by atoms with van der Waals surface area (Å²) in [7, 11) is 0. The third-order valence-corrected chi connectivity index (χ3v) is 4.57. The number of carbonyl (C=O) groups excluding carboxylic acids is 2. The second kappa shape index (κ2) is 9.25. The zero-order valence-corrected chi connectivity index (χ0v) is 17.4. The Morgan fingerprint density at radius 1 is 1.21 bits per heavy atom. The van der Waals surface area contributed by atoms with Crippen molar-refractivity contribution in [2.75, 3.05) is 5.32 Å². The van der Waals surface area contributed by atoms with Gasteiger partial charge in [-0.25, -0.2) is 0 Å². The van der Waals surface area contributed by atoms with Crippen molar-refractivity contribution >= 4 is 61.2 Å². The van der Waals surface area contributed by atoms with Gasteiger partial charge in [0, 0.05) is 23.5 Å². The first-order valence-corrected chi connectivity index (χ1v) is 9.15. The Bertz CT molecular complexity index is 1040. The fraction of sp³-hybridized carbons (Fsp3) is 0.0556. The Balaban J connectivity index is 2.24. The molecule has 0 fully saturated rings. The number of carbonyl (C=O) groups is 2. The van der Waals surface area contributed by atoms with E-state index in [0.29, 0.717) is 20.3 Å². The second-order valence-electron chi connectivity index (χ2n) is 5.33. The van der Waals surface area contributed by atoms with Crippen LogP contribution in [0.2, 0.25) is 0 Å². The molecule has 2 aromatic rings. The lowest BCUT2D eigenvalue weighted by molar-refractivity contribution is -0.384. The average molecular weight is 509 g/mol. The number of nitrogens with zero attached hydrogens (tertiary/aromatic N) is 2. The van der Waals surface area contributed by atoms with E-state index in [1.807, 2.05) is 6.07 Å². The number of halogens is 2. The molecule has 28 heavy (non-hydrogen) atoms. The fourth-order valence-corrected chi connectivity index (χ4v) is 3.01. The molecule has 0 saturated heterocycles. The van der Waals surface area contributed by atoms with Crippen LogP contribution in [0.1, 0.15) is 12.5 Å². The highest BCUT2D eigenvalue weighted by molar-refractivity contribution is 9.11. The highest BCUT2D eigenvalue weighted by Gasteiger charge is 2.14. The molecule has 0 saturated carbocycles. The molecule has 1 N–H and O–H groups in total. The lowest BCUT2D eigenvalue weighted by atomic mass is 10.1. The van der Waals surface area contributed by atoms with Gasteiger partial charge in [0.05, 0.1) is 15.1 Å². The summed E-state index contributed by atoms with van der Waals surface area (Å²) in [5.74, 6) is -0.852. The smallest absolute Gasteiger partial charge is 0.308 e. The number of non-ortho nitro benzene ring substituents is 1. The maximum absolute atomic E-state index is 12.4. The number of nitro benzene ring substituents is 1. The second-order valence-corrected chi connectivity index (χ2v) is 7.04. The van der Waals surface area contributed by atoms with E-state index < -0.39 is 16.8 Å². The molecule has 0 aromatic heterocycles. The van der Waals surface area contributed by atoms with Gasteiger partial charge >= 0.3 is 5.97 Å². The topological polar surface area (TPSA) is 122 Å². The summed E-state index contributed by atoms with van der Waals surface area (Å²) in [5.41, 5.74) is 0.483. The Hall–Kier alpha value is -3.03. The lowest BCUT2D eigenvalue weighted by Gasteiger charge is -2.07. The molecule has 2 rings (SSSR count). The molecule has 8 nitrogen and oxygen atoms in total. The van der Waals surface area contributed by atoms with Crippen LogP contribution in [-0.2, 0) is 9.59 Å². The van der Waals surface area contributed by atoms with E-state index in [0.717, 1.165) is 0 Å². The predicted octanol–water partition coefficient (Wildman–Crippen LogP) is 4.59. The van der Waals surface area contributed by atoms with Gasteiger partial charge in [-0.1, -0.05) is 6.07 Å². The van der Waals surface area contributed by atoms with Gasteiger partial charge in [-0.3, -0.25) is 19.7 Å². The molecule has 0 heterocycles. The zero-order chi connectivity index (χ0) is 20.8. The Morgan fingerprint density at radius 3 is 2.46 bits per heavy atom. The number of ether oxygens (including phenoxy) is 1. The van der Waals surface area contributed by atoms with Crippen LogP contribution < -0.4 is 10.1 Å². The number of benzene rings is 2. The van der Waals surface area contributed by atoms with Crippen molar-refractivity contribution < 1.29 is 19.2 Å². The number of esters is 1. The van der Waals surface area contributed by atoms with E-state index in [9.17, 15) is 25.0 Å². The number of anilines is 1.